The maximum Gasteiger partial charge on any atom is 0.223 e. The highest BCUT2D eigenvalue weighted by Gasteiger charge is 2.27. The van der Waals surface area contributed by atoms with E-state index in [1.54, 1.807) is 7.11 Å². The molecule has 1 saturated heterocycles. The van der Waals surface area contributed by atoms with Crippen molar-refractivity contribution in [3.05, 3.63) is 0 Å². The summed E-state index contributed by atoms with van der Waals surface area (Å²) in [5.74, 6) is 0.192. The molecule has 1 heterocycles. The van der Waals surface area contributed by atoms with Crippen LogP contribution in [0.15, 0.2) is 0 Å². The molecule has 1 atom stereocenters. The van der Waals surface area contributed by atoms with Crippen molar-refractivity contribution in [1.29, 1.82) is 0 Å². The number of nitrogens with zero attached hydrogens (tertiary/aromatic N) is 2. The number of carbonyl (C=O) groups excluding carboxylic acids is 1. The zero-order chi connectivity index (χ0) is 12.7. The summed E-state index contributed by atoms with van der Waals surface area (Å²) in [6.07, 6.45) is 1.53. The van der Waals surface area contributed by atoms with Gasteiger partial charge in [0.25, 0.3) is 0 Å². The third-order valence-corrected chi connectivity index (χ3v) is 3.37. The van der Waals surface area contributed by atoms with Crippen LogP contribution >= 0.6 is 12.4 Å². The Hall–Kier alpha value is -0.360. The number of amides is 1. The van der Waals surface area contributed by atoms with E-state index in [9.17, 15) is 4.79 Å². The molecule has 2 N–H and O–H groups in total. The molecule has 1 aliphatic rings. The van der Waals surface area contributed by atoms with Crippen molar-refractivity contribution in [3.63, 3.8) is 0 Å². The predicted molar refractivity (Wildman–Crippen MR) is 75.0 cm³/mol. The van der Waals surface area contributed by atoms with Crippen molar-refractivity contribution in [2.45, 2.75) is 25.8 Å². The van der Waals surface area contributed by atoms with Crippen LogP contribution < -0.4 is 5.73 Å². The Morgan fingerprint density at radius 1 is 1.44 bits per heavy atom. The first-order valence-electron chi connectivity index (χ1n) is 6.43. The summed E-state index contributed by atoms with van der Waals surface area (Å²) in [5.41, 5.74) is 5.42. The van der Waals surface area contributed by atoms with Gasteiger partial charge in [-0.25, -0.2) is 0 Å². The van der Waals surface area contributed by atoms with Crippen molar-refractivity contribution < 1.29 is 9.53 Å². The molecule has 0 spiro atoms. The van der Waals surface area contributed by atoms with Gasteiger partial charge in [-0.1, -0.05) is 6.92 Å². The summed E-state index contributed by atoms with van der Waals surface area (Å²) in [6.45, 7) is 6.92. The second-order valence-electron chi connectivity index (χ2n) is 4.47. The molecular weight excluding hydrogens is 254 g/mol. The maximum atomic E-state index is 11.8. The number of piperazine rings is 1. The number of rotatable bonds is 6. The molecule has 1 amide bonds. The van der Waals surface area contributed by atoms with Crippen molar-refractivity contribution in [1.82, 2.24) is 9.80 Å². The van der Waals surface area contributed by atoms with E-state index in [0.717, 1.165) is 39.2 Å². The highest BCUT2D eigenvalue weighted by atomic mass is 35.5. The summed E-state index contributed by atoms with van der Waals surface area (Å²) in [7, 11) is 1.72. The number of carbonyl (C=O) groups is 1. The number of ether oxygens (including phenoxy) is 1. The summed E-state index contributed by atoms with van der Waals surface area (Å²) < 4.78 is 5.11. The average molecular weight is 280 g/mol. The molecule has 1 unspecified atom stereocenters. The first-order valence-corrected chi connectivity index (χ1v) is 6.43. The molecule has 0 radical (unpaired) electrons. The lowest BCUT2D eigenvalue weighted by Crippen LogP contribution is -2.55. The molecular formula is C12H26ClN3O2. The Kier molecular flexibility index (Phi) is 9.36. The smallest absolute Gasteiger partial charge is 0.223 e. The van der Waals surface area contributed by atoms with Gasteiger partial charge in [0.2, 0.25) is 5.91 Å². The molecule has 1 fully saturated rings. The number of nitrogens with two attached hydrogens (primary N) is 1. The molecule has 0 bridgehead atoms. The number of hydrogen-bond donors (Lipinski definition) is 1. The number of halogens is 1. The van der Waals surface area contributed by atoms with Crippen LogP contribution in [-0.2, 0) is 9.53 Å². The quantitative estimate of drug-likeness (QED) is 0.761. The maximum absolute atomic E-state index is 11.8. The van der Waals surface area contributed by atoms with E-state index in [2.05, 4.69) is 11.8 Å². The predicted octanol–water partition coefficient (Wildman–Crippen LogP) is 0.326. The highest BCUT2D eigenvalue weighted by Crippen LogP contribution is 2.13. The van der Waals surface area contributed by atoms with Gasteiger partial charge in [-0.3, -0.25) is 9.69 Å². The second-order valence-corrected chi connectivity index (χ2v) is 4.47. The van der Waals surface area contributed by atoms with Gasteiger partial charge >= 0.3 is 0 Å². The average Bonchev–Trinajstić information content (AvgIpc) is 2.36. The van der Waals surface area contributed by atoms with Crippen LogP contribution in [0.1, 0.15) is 19.8 Å². The zero-order valence-electron chi connectivity index (χ0n) is 11.4. The van der Waals surface area contributed by atoms with Gasteiger partial charge in [0, 0.05) is 52.3 Å². The summed E-state index contributed by atoms with van der Waals surface area (Å²) in [4.78, 5) is 16.1. The Morgan fingerprint density at radius 2 is 2.17 bits per heavy atom. The Balaban J connectivity index is 0.00000289. The minimum absolute atomic E-state index is 0. The third kappa shape index (κ3) is 5.10. The molecule has 5 nitrogen and oxygen atoms in total. The topological polar surface area (TPSA) is 58.8 Å². The number of methoxy groups -OCH3 is 1. The van der Waals surface area contributed by atoms with Crippen LogP contribution in [0, 0.1) is 0 Å². The minimum Gasteiger partial charge on any atom is -0.383 e. The van der Waals surface area contributed by atoms with Gasteiger partial charge in [0.1, 0.15) is 0 Å². The SMILES string of the molecule is CCC1CN(C(=O)CCN)CCN1CCOC.Cl. The van der Waals surface area contributed by atoms with E-state index in [0.29, 0.717) is 19.0 Å². The molecule has 0 aromatic rings. The standard InChI is InChI=1S/C12H25N3O2.ClH/c1-3-11-10-15(12(16)4-5-13)7-6-14(11)8-9-17-2;/h11H,3-10,13H2,1-2H3;1H. The fourth-order valence-corrected chi connectivity index (χ4v) is 2.29. The van der Waals surface area contributed by atoms with E-state index in [1.165, 1.54) is 0 Å². The zero-order valence-corrected chi connectivity index (χ0v) is 12.2. The van der Waals surface area contributed by atoms with Crippen LogP contribution in [-0.4, -0.2) is 68.2 Å². The first-order chi connectivity index (χ1) is 8.22. The molecule has 6 heteroatoms. The summed E-state index contributed by atoms with van der Waals surface area (Å²) in [5, 5.41) is 0. The van der Waals surface area contributed by atoms with Crippen molar-refractivity contribution in [2.75, 3.05) is 46.4 Å². The van der Waals surface area contributed by atoms with Crippen LogP contribution in [0.5, 0.6) is 0 Å². The lowest BCUT2D eigenvalue weighted by molar-refractivity contribution is -0.134. The normalized spacial score (nSPS) is 20.6. The Labute approximate surface area is 116 Å². The molecule has 0 aromatic carbocycles. The van der Waals surface area contributed by atoms with Crippen molar-refractivity contribution in [3.8, 4) is 0 Å². The van der Waals surface area contributed by atoms with Gasteiger partial charge < -0.3 is 15.4 Å². The van der Waals surface area contributed by atoms with Gasteiger partial charge in [-0.15, -0.1) is 12.4 Å². The van der Waals surface area contributed by atoms with E-state index in [4.69, 9.17) is 10.5 Å². The molecule has 1 aliphatic heterocycles. The lowest BCUT2D eigenvalue weighted by Gasteiger charge is -2.41. The molecule has 0 aliphatic carbocycles. The lowest BCUT2D eigenvalue weighted by atomic mass is 10.1. The molecule has 108 valence electrons. The molecule has 0 saturated carbocycles. The Bertz CT molecular complexity index is 241. The fraction of sp³-hybridized carbons (Fsp3) is 0.917. The van der Waals surface area contributed by atoms with Crippen LogP contribution in [0.2, 0.25) is 0 Å². The monoisotopic (exact) mass is 279 g/mol. The number of hydrogen-bond acceptors (Lipinski definition) is 4. The van der Waals surface area contributed by atoms with E-state index in [-0.39, 0.29) is 18.3 Å². The van der Waals surface area contributed by atoms with E-state index < -0.39 is 0 Å². The summed E-state index contributed by atoms with van der Waals surface area (Å²) in [6, 6.07) is 0.459. The molecule has 0 aromatic heterocycles. The van der Waals surface area contributed by atoms with Crippen LogP contribution in [0.4, 0.5) is 0 Å². The van der Waals surface area contributed by atoms with Crippen LogP contribution in [0.3, 0.4) is 0 Å². The van der Waals surface area contributed by atoms with Crippen molar-refractivity contribution in [2.24, 2.45) is 5.73 Å². The van der Waals surface area contributed by atoms with Gasteiger partial charge in [0.15, 0.2) is 0 Å². The van der Waals surface area contributed by atoms with E-state index >= 15 is 0 Å². The van der Waals surface area contributed by atoms with Crippen LogP contribution in [0.25, 0.3) is 0 Å². The van der Waals surface area contributed by atoms with Gasteiger partial charge in [-0.05, 0) is 6.42 Å². The minimum atomic E-state index is 0. The Morgan fingerprint density at radius 3 is 2.72 bits per heavy atom. The molecule has 18 heavy (non-hydrogen) atoms. The largest absolute Gasteiger partial charge is 0.383 e. The van der Waals surface area contributed by atoms with Gasteiger partial charge in [-0.2, -0.15) is 0 Å². The van der Waals surface area contributed by atoms with Crippen molar-refractivity contribution >= 4 is 18.3 Å². The van der Waals surface area contributed by atoms with Gasteiger partial charge in [0.05, 0.1) is 6.61 Å². The summed E-state index contributed by atoms with van der Waals surface area (Å²) >= 11 is 0. The highest BCUT2D eigenvalue weighted by molar-refractivity contribution is 5.85. The fourth-order valence-electron chi connectivity index (χ4n) is 2.29. The first kappa shape index (κ1) is 17.6. The van der Waals surface area contributed by atoms with E-state index in [1.807, 2.05) is 4.90 Å². The molecule has 1 rings (SSSR count). The third-order valence-electron chi connectivity index (χ3n) is 3.37. The second kappa shape index (κ2) is 9.55.